The normalized spacial score (nSPS) is 12.0. The van der Waals surface area contributed by atoms with Crippen molar-refractivity contribution in [2.75, 3.05) is 18.5 Å². The zero-order valence-electron chi connectivity index (χ0n) is 14.8. The zero-order chi connectivity index (χ0) is 20.2. The van der Waals surface area contributed by atoms with Crippen LogP contribution in [-0.2, 0) is 14.8 Å². The van der Waals surface area contributed by atoms with Gasteiger partial charge in [0.2, 0.25) is 0 Å². The number of anilines is 1. The Balaban J connectivity index is 2.46. The van der Waals surface area contributed by atoms with Crippen LogP contribution in [0.1, 0.15) is 17.3 Å². The summed E-state index contributed by atoms with van der Waals surface area (Å²) in [7, 11) is -1.20. The second kappa shape index (κ2) is 8.29. The minimum Gasteiger partial charge on any atom is -0.495 e. The second-order valence-electron chi connectivity index (χ2n) is 5.46. The van der Waals surface area contributed by atoms with Gasteiger partial charge in [-0.25, -0.2) is 13.2 Å². The number of methoxy groups -OCH3 is 1. The standard InChI is InChI=1S/C18H17ClN2O5S/c1-12(11-20)26-18(22)14-10-13(8-9-15(14)19)27(23,24)21(2)16-6-4-5-7-17(16)25-3/h4-10,12H,1-3H3/t12-/m1/s1. The van der Waals surface area contributed by atoms with Crippen LogP contribution in [0.5, 0.6) is 5.75 Å². The molecule has 2 rings (SSSR count). The minimum absolute atomic E-state index is 0.0176. The lowest BCUT2D eigenvalue weighted by molar-refractivity contribution is 0.0435. The summed E-state index contributed by atoms with van der Waals surface area (Å²) < 4.78 is 37.1. The SMILES string of the molecule is COc1ccccc1N(C)S(=O)(=O)c1ccc(Cl)c(C(=O)O[C@H](C)C#N)c1. The van der Waals surface area contributed by atoms with Crippen molar-refractivity contribution in [2.24, 2.45) is 0 Å². The maximum absolute atomic E-state index is 13.0. The van der Waals surface area contributed by atoms with Crippen LogP contribution in [0.2, 0.25) is 5.02 Å². The Labute approximate surface area is 162 Å². The molecule has 142 valence electrons. The van der Waals surface area contributed by atoms with Crippen molar-refractivity contribution in [2.45, 2.75) is 17.9 Å². The van der Waals surface area contributed by atoms with Crippen LogP contribution in [0.25, 0.3) is 0 Å². The number of hydrogen-bond acceptors (Lipinski definition) is 6. The molecule has 0 radical (unpaired) electrons. The Morgan fingerprint density at radius 3 is 2.56 bits per heavy atom. The first-order valence-corrected chi connectivity index (χ1v) is 9.56. The molecule has 0 aromatic heterocycles. The number of carbonyl (C=O) groups excluding carboxylic acids is 1. The van der Waals surface area contributed by atoms with Gasteiger partial charge in [-0.15, -0.1) is 0 Å². The molecule has 0 aliphatic rings. The van der Waals surface area contributed by atoms with Crippen molar-refractivity contribution >= 4 is 33.3 Å². The molecule has 2 aromatic rings. The van der Waals surface area contributed by atoms with E-state index < -0.39 is 22.1 Å². The van der Waals surface area contributed by atoms with Gasteiger partial charge in [0.15, 0.2) is 6.10 Å². The number of hydrogen-bond donors (Lipinski definition) is 0. The number of para-hydroxylation sites is 2. The number of nitriles is 1. The molecule has 0 amide bonds. The Kier molecular flexibility index (Phi) is 6.31. The summed E-state index contributed by atoms with van der Waals surface area (Å²) in [5.41, 5.74) is 0.186. The third kappa shape index (κ3) is 4.32. The van der Waals surface area contributed by atoms with Crippen molar-refractivity contribution in [1.29, 1.82) is 5.26 Å². The first-order valence-electron chi connectivity index (χ1n) is 7.74. The van der Waals surface area contributed by atoms with E-state index in [0.717, 1.165) is 10.4 Å². The largest absolute Gasteiger partial charge is 0.495 e. The van der Waals surface area contributed by atoms with Gasteiger partial charge < -0.3 is 9.47 Å². The molecule has 0 unspecified atom stereocenters. The van der Waals surface area contributed by atoms with Crippen LogP contribution in [0.15, 0.2) is 47.4 Å². The maximum atomic E-state index is 13.0. The third-order valence-corrected chi connectivity index (χ3v) is 5.80. The molecule has 0 bridgehead atoms. The lowest BCUT2D eigenvalue weighted by Crippen LogP contribution is -2.27. The van der Waals surface area contributed by atoms with Gasteiger partial charge in [0, 0.05) is 7.05 Å². The van der Waals surface area contributed by atoms with E-state index in [1.54, 1.807) is 30.3 Å². The molecule has 0 heterocycles. The van der Waals surface area contributed by atoms with Crippen molar-refractivity contribution in [3.05, 3.63) is 53.1 Å². The predicted molar refractivity (Wildman–Crippen MR) is 101 cm³/mol. The van der Waals surface area contributed by atoms with Gasteiger partial charge in [0.25, 0.3) is 10.0 Å². The van der Waals surface area contributed by atoms with E-state index in [-0.39, 0.29) is 15.5 Å². The molecule has 0 saturated heterocycles. The molecule has 0 spiro atoms. The summed E-state index contributed by atoms with van der Waals surface area (Å²) in [4.78, 5) is 12.0. The first-order chi connectivity index (χ1) is 12.7. The van der Waals surface area contributed by atoms with Gasteiger partial charge in [0.05, 0.1) is 28.3 Å². The van der Waals surface area contributed by atoms with Gasteiger partial charge >= 0.3 is 5.97 Å². The van der Waals surface area contributed by atoms with Gasteiger partial charge in [-0.05, 0) is 37.3 Å². The summed E-state index contributed by atoms with van der Waals surface area (Å²) in [5, 5.41) is 8.77. The molecule has 7 nitrogen and oxygen atoms in total. The minimum atomic E-state index is -4.01. The zero-order valence-corrected chi connectivity index (χ0v) is 16.4. The number of nitrogens with zero attached hydrogens (tertiary/aromatic N) is 2. The van der Waals surface area contributed by atoms with E-state index in [0.29, 0.717) is 11.4 Å². The number of sulfonamides is 1. The second-order valence-corrected chi connectivity index (χ2v) is 7.84. The van der Waals surface area contributed by atoms with Crippen LogP contribution in [-0.4, -0.2) is 34.6 Å². The molecule has 2 aromatic carbocycles. The highest BCUT2D eigenvalue weighted by Gasteiger charge is 2.26. The average molecular weight is 409 g/mol. The highest BCUT2D eigenvalue weighted by molar-refractivity contribution is 7.92. The molecule has 27 heavy (non-hydrogen) atoms. The van der Waals surface area contributed by atoms with Crippen LogP contribution >= 0.6 is 11.6 Å². The lowest BCUT2D eigenvalue weighted by atomic mass is 10.2. The van der Waals surface area contributed by atoms with Gasteiger partial charge in [-0.1, -0.05) is 23.7 Å². The summed E-state index contributed by atoms with van der Waals surface area (Å²) in [6.45, 7) is 1.39. The van der Waals surface area contributed by atoms with Crippen LogP contribution in [0, 0.1) is 11.3 Å². The molecular formula is C18H17ClN2O5S. The molecule has 1 atom stereocenters. The lowest BCUT2D eigenvalue weighted by Gasteiger charge is -2.22. The third-order valence-electron chi connectivity index (χ3n) is 3.71. The summed E-state index contributed by atoms with van der Waals surface area (Å²) in [6.07, 6.45) is -0.995. The Hall–Kier alpha value is -2.76. The van der Waals surface area contributed by atoms with E-state index in [1.165, 1.54) is 33.2 Å². The molecule has 0 saturated carbocycles. The van der Waals surface area contributed by atoms with Gasteiger partial charge in [-0.3, -0.25) is 4.31 Å². The van der Waals surface area contributed by atoms with Crippen LogP contribution in [0.4, 0.5) is 5.69 Å². The highest BCUT2D eigenvalue weighted by Crippen LogP contribution is 2.32. The number of halogens is 1. The molecule has 9 heteroatoms. The van der Waals surface area contributed by atoms with Gasteiger partial charge in [0.1, 0.15) is 11.8 Å². The van der Waals surface area contributed by atoms with Crippen molar-refractivity contribution < 1.29 is 22.7 Å². The summed E-state index contributed by atoms with van der Waals surface area (Å²) >= 11 is 6.00. The van der Waals surface area contributed by atoms with E-state index >= 15 is 0 Å². The van der Waals surface area contributed by atoms with Crippen LogP contribution < -0.4 is 9.04 Å². The number of benzene rings is 2. The van der Waals surface area contributed by atoms with Crippen molar-refractivity contribution in [3.8, 4) is 11.8 Å². The smallest absolute Gasteiger partial charge is 0.340 e. The molecule has 0 aliphatic heterocycles. The molecule has 0 N–H and O–H groups in total. The molecule has 0 aliphatic carbocycles. The number of esters is 1. The van der Waals surface area contributed by atoms with E-state index in [9.17, 15) is 13.2 Å². The Morgan fingerprint density at radius 1 is 1.26 bits per heavy atom. The molecular weight excluding hydrogens is 392 g/mol. The maximum Gasteiger partial charge on any atom is 0.340 e. The Bertz CT molecular complexity index is 1000. The average Bonchev–Trinajstić information content (AvgIpc) is 2.67. The quantitative estimate of drug-likeness (QED) is 0.680. The highest BCUT2D eigenvalue weighted by atomic mass is 35.5. The fourth-order valence-electron chi connectivity index (χ4n) is 2.25. The van der Waals surface area contributed by atoms with E-state index in [4.69, 9.17) is 26.3 Å². The van der Waals surface area contributed by atoms with Crippen LogP contribution in [0.3, 0.4) is 0 Å². The summed E-state index contributed by atoms with van der Waals surface area (Å²) in [6, 6.07) is 12.1. The predicted octanol–water partition coefficient (Wildman–Crippen LogP) is 3.24. The Morgan fingerprint density at radius 2 is 1.93 bits per heavy atom. The van der Waals surface area contributed by atoms with Crippen molar-refractivity contribution in [3.63, 3.8) is 0 Å². The monoisotopic (exact) mass is 408 g/mol. The first kappa shape index (κ1) is 20.6. The fraction of sp³-hybridized carbons (Fsp3) is 0.222. The van der Waals surface area contributed by atoms with E-state index in [1.807, 2.05) is 0 Å². The number of rotatable bonds is 6. The topological polar surface area (TPSA) is 96.7 Å². The van der Waals surface area contributed by atoms with Gasteiger partial charge in [-0.2, -0.15) is 5.26 Å². The number of ether oxygens (including phenoxy) is 2. The van der Waals surface area contributed by atoms with E-state index in [2.05, 4.69) is 0 Å². The summed E-state index contributed by atoms with van der Waals surface area (Å²) in [5.74, 6) is -0.508. The molecule has 0 fully saturated rings. The number of carbonyl (C=O) groups is 1. The fourth-order valence-corrected chi connectivity index (χ4v) is 3.68. The van der Waals surface area contributed by atoms with Crippen molar-refractivity contribution in [1.82, 2.24) is 0 Å².